The third-order valence-corrected chi connectivity index (χ3v) is 3.17. The maximum Gasteiger partial charge on any atom is 0.166 e. The molecule has 0 saturated heterocycles. The van der Waals surface area contributed by atoms with Crippen LogP contribution in [0, 0.1) is 0 Å². The molecule has 4 nitrogen and oxygen atoms in total. The molecule has 15 heavy (non-hydrogen) atoms. The number of thioether (sulfide) groups is 1. The van der Waals surface area contributed by atoms with Gasteiger partial charge in [-0.3, -0.25) is 5.10 Å². The minimum absolute atomic E-state index is 0.712. The van der Waals surface area contributed by atoms with Gasteiger partial charge in [-0.2, -0.15) is 16.9 Å². The molecule has 1 rings (SSSR count). The van der Waals surface area contributed by atoms with Gasteiger partial charge in [-0.25, -0.2) is 0 Å². The van der Waals surface area contributed by atoms with Gasteiger partial charge in [-0.1, -0.05) is 0 Å². The van der Waals surface area contributed by atoms with Gasteiger partial charge in [0.25, 0.3) is 0 Å². The number of rotatable bonds is 6. The molecule has 0 aliphatic carbocycles. The Morgan fingerprint density at radius 3 is 3.13 bits per heavy atom. The second kappa shape index (κ2) is 7.53. The van der Waals surface area contributed by atoms with Gasteiger partial charge in [-0.15, -0.1) is 0 Å². The first-order chi connectivity index (χ1) is 7.33. The molecule has 0 saturated carbocycles. The zero-order valence-electron chi connectivity index (χ0n) is 8.75. The van der Waals surface area contributed by atoms with Gasteiger partial charge >= 0.3 is 0 Å². The minimum atomic E-state index is 0.712. The number of nitrogens with zero attached hydrogens (tertiary/aromatic N) is 1. The molecule has 0 fully saturated rings. The van der Waals surface area contributed by atoms with E-state index in [9.17, 15) is 0 Å². The predicted molar refractivity (Wildman–Crippen MR) is 69.3 cm³/mol. The highest BCUT2D eigenvalue weighted by molar-refractivity contribution is 7.99. The van der Waals surface area contributed by atoms with Crippen LogP contribution in [0.3, 0.4) is 0 Å². The predicted octanol–water partition coefficient (Wildman–Crippen LogP) is 0.779. The van der Waals surface area contributed by atoms with Crippen LogP contribution in [0.15, 0.2) is 12.3 Å². The molecule has 0 radical (unpaired) electrons. The van der Waals surface area contributed by atoms with Crippen molar-refractivity contribution in [2.75, 3.05) is 25.1 Å². The Balaban J connectivity index is 1.91. The Labute approximate surface area is 99.6 Å². The lowest BCUT2D eigenvalue weighted by atomic mass is 10.3. The highest BCUT2D eigenvalue weighted by atomic mass is 32.2. The van der Waals surface area contributed by atoms with Gasteiger partial charge in [-0.05, 0) is 30.5 Å². The van der Waals surface area contributed by atoms with Gasteiger partial charge in [0.05, 0.1) is 0 Å². The van der Waals surface area contributed by atoms with Crippen LogP contribution >= 0.6 is 24.0 Å². The summed E-state index contributed by atoms with van der Waals surface area (Å²) in [5, 5.41) is 13.5. The second-order valence-electron chi connectivity index (χ2n) is 2.95. The van der Waals surface area contributed by atoms with E-state index in [-0.39, 0.29) is 0 Å². The largest absolute Gasteiger partial charge is 0.366 e. The smallest absolute Gasteiger partial charge is 0.166 e. The number of aromatic nitrogens is 2. The van der Waals surface area contributed by atoms with Gasteiger partial charge in [0, 0.05) is 31.2 Å². The van der Waals surface area contributed by atoms with Crippen molar-refractivity contribution < 1.29 is 0 Å². The molecule has 0 amide bonds. The quantitative estimate of drug-likeness (QED) is 0.510. The third kappa shape index (κ3) is 5.64. The number of H-pyrrole nitrogens is 1. The summed E-state index contributed by atoms with van der Waals surface area (Å²) in [5.41, 5.74) is 1.20. The maximum atomic E-state index is 4.95. The van der Waals surface area contributed by atoms with E-state index in [2.05, 4.69) is 20.8 Å². The monoisotopic (exact) mass is 244 g/mol. The molecule has 0 bridgehead atoms. The number of hydrogen-bond acceptors (Lipinski definition) is 3. The molecule has 0 atom stereocenters. The topological polar surface area (TPSA) is 52.7 Å². The molecule has 1 heterocycles. The molecule has 1 aromatic rings. The molecule has 0 unspecified atom stereocenters. The highest BCUT2D eigenvalue weighted by Crippen LogP contribution is 2.03. The Morgan fingerprint density at radius 2 is 2.47 bits per heavy atom. The number of aromatic amines is 1. The molecule has 6 heteroatoms. The second-order valence-corrected chi connectivity index (χ2v) is 4.58. The average Bonchev–Trinajstić information content (AvgIpc) is 2.75. The van der Waals surface area contributed by atoms with Gasteiger partial charge in [0.15, 0.2) is 5.11 Å². The minimum Gasteiger partial charge on any atom is -0.366 e. The summed E-state index contributed by atoms with van der Waals surface area (Å²) in [5.74, 6) is 2.17. The van der Waals surface area contributed by atoms with Crippen molar-refractivity contribution in [2.24, 2.45) is 0 Å². The van der Waals surface area contributed by atoms with E-state index in [0.29, 0.717) is 5.11 Å². The Bertz CT molecular complexity index is 274. The summed E-state index contributed by atoms with van der Waals surface area (Å²) >= 11 is 6.86. The van der Waals surface area contributed by atoms with Crippen LogP contribution in [0.2, 0.25) is 0 Å². The number of aryl methyl sites for hydroxylation is 1. The van der Waals surface area contributed by atoms with Crippen molar-refractivity contribution in [3.63, 3.8) is 0 Å². The van der Waals surface area contributed by atoms with Crippen LogP contribution in [0.4, 0.5) is 0 Å². The van der Waals surface area contributed by atoms with Crippen molar-refractivity contribution in [2.45, 2.75) is 6.42 Å². The van der Waals surface area contributed by atoms with Crippen LogP contribution in [0.5, 0.6) is 0 Å². The summed E-state index contributed by atoms with van der Waals surface area (Å²) < 4.78 is 0. The molecule has 0 aliphatic rings. The Kier molecular flexibility index (Phi) is 6.18. The van der Waals surface area contributed by atoms with E-state index < -0.39 is 0 Å². The third-order valence-electron chi connectivity index (χ3n) is 1.83. The fourth-order valence-electron chi connectivity index (χ4n) is 1.03. The van der Waals surface area contributed by atoms with E-state index in [1.165, 1.54) is 5.69 Å². The van der Waals surface area contributed by atoms with Crippen molar-refractivity contribution in [3.05, 3.63) is 18.0 Å². The van der Waals surface area contributed by atoms with Crippen LogP contribution in [-0.4, -0.2) is 40.4 Å². The number of nitrogens with one attached hydrogen (secondary N) is 3. The summed E-state index contributed by atoms with van der Waals surface area (Å²) in [7, 11) is 1.82. The lowest BCUT2D eigenvalue weighted by Crippen LogP contribution is -2.33. The normalized spacial score (nSPS) is 9.93. The van der Waals surface area contributed by atoms with E-state index >= 15 is 0 Å². The molecular formula is C9H16N4S2. The maximum absolute atomic E-state index is 4.95. The van der Waals surface area contributed by atoms with Crippen LogP contribution in [0.1, 0.15) is 5.69 Å². The first-order valence-corrected chi connectivity index (χ1v) is 6.41. The van der Waals surface area contributed by atoms with Crippen LogP contribution < -0.4 is 10.6 Å². The first kappa shape index (κ1) is 12.3. The van der Waals surface area contributed by atoms with Crippen LogP contribution in [0.25, 0.3) is 0 Å². The zero-order valence-corrected chi connectivity index (χ0v) is 10.4. The summed E-state index contributed by atoms with van der Waals surface area (Å²) in [6.45, 7) is 0.910. The van der Waals surface area contributed by atoms with E-state index in [1.54, 1.807) is 6.20 Å². The SMILES string of the molecule is CNC(=S)NCCSCCc1ccn[nH]1. The standard InChI is InChI=1S/C9H16N4S2/c1-10-9(14)11-5-7-15-6-3-8-2-4-12-13-8/h2,4H,3,5-7H2,1H3,(H,12,13)(H2,10,11,14). The zero-order chi connectivity index (χ0) is 10.9. The average molecular weight is 244 g/mol. The Hall–Kier alpha value is -0.750. The van der Waals surface area contributed by atoms with E-state index in [0.717, 1.165) is 24.5 Å². The van der Waals surface area contributed by atoms with Gasteiger partial charge in [0.1, 0.15) is 0 Å². The fourth-order valence-corrected chi connectivity index (χ4v) is 1.95. The fraction of sp³-hybridized carbons (Fsp3) is 0.556. The number of thiocarbonyl (C=S) groups is 1. The molecule has 0 spiro atoms. The van der Waals surface area contributed by atoms with Crippen molar-refractivity contribution in [1.82, 2.24) is 20.8 Å². The lowest BCUT2D eigenvalue weighted by molar-refractivity contribution is 0.939. The van der Waals surface area contributed by atoms with Crippen molar-refractivity contribution in [1.29, 1.82) is 0 Å². The van der Waals surface area contributed by atoms with Gasteiger partial charge in [0.2, 0.25) is 0 Å². The molecule has 0 aromatic carbocycles. The summed E-state index contributed by atoms with van der Waals surface area (Å²) in [4.78, 5) is 0. The highest BCUT2D eigenvalue weighted by Gasteiger charge is 1.95. The summed E-state index contributed by atoms with van der Waals surface area (Å²) in [6, 6.07) is 2.01. The van der Waals surface area contributed by atoms with E-state index in [4.69, 9.17) is 12.2 Å². The van der Waals surface area contributed by atoms with Gasteiger partial charge < -0.3 is 10.6 Å². The van der Waals surface area contributed by atoms with E-state index in [1.807, 2.05) is 24.9 Å². The first-order valence-electron chi connectivity index (χ1n) is 4.84. The molecule has 0 aliphatic heterocycles. The number of hydrogen-bond donors (Lipinski definition) is 3. The molecule has 3 N–H and O–H groups in total. The molecule has 84 valence electrons. The Morgan fingerprint density at radius 1 is 1.60 bits per heavy atom. The molecular weight excluding hydrogens is 228 g/mol. The van der Waals surface area contributed by atoms with Crippen molar-refractivity contribution in [3.8, 4) is 0 Å². The summed E-state index contributed by atoms with van der Waals surface area (Å²) in [6.07, 6.45) is 2.83. The lowest BCUT2D eigenvalue weighted by Gasteiger charge is -2.05. The molecule has 1 aromatic heterocycles. The van der Waals surface area contributed by atoms with Crippen LogP contribution in [-0.2, 0) is 6.42 Å². The van der Waals surface area contributed by atoms with Crippen molar-refractivity contribution >= 4 is 29.1 Å².